The Kier molecular flexibility index (Phi) is 3.00. The summed E-state index contributed by atoms with van der Waals surface area (Å²) >= 11 is 0. The molecule has 2 heteroatoms. The number of hydrogen-bond donors (Lipinski definition) is 1. The zero-order valence-corrected chi connectivity index (χ0v) is 13.4. The van der Waals surface area contributed by atoms with Crippen molar-refractivity contribution in [3.63, 3.8) is 0 Å². The average Bonchev–Trinajstić information content (AvgIpc) is 2.50. The van der Waals surface area contributed by atoms with Crippen molar-refractivity contribution >= 4 is 0 Å². The molecular formula is C19H27NO. The van der Waals surface area contributed by atoms with E-state index < -0.39 is 0 Å². The molecule has 21 heavy (non-hydrogen) atoms. The van der Waals surface area contributed by atoms with Gasteiger partial charge in [0.2, 0.25) is 0 Å². The highest BCUT2D eigenvalue weighted by atomic mass is 16.3. The number of fused-ring (bicyclic) bond motifs is 2. The summed E-state index contributed by atoms with van der Waals surface area (Å²) in [6.07, 6.45) is 4.70. The number of aliphatic hydroxyl groups is 1. The molecule has 0 aromatic heterocycles. The maximum Gasteiger partial charge on any atom is 0.0555 e. The Bertz CT molecular complexity index is 554. The van der Waals surface area contributed by atoms with Crippen LogP contribution in [0, 0.1) is 11.8 Å². The van der Waals surface area contributed by atoms with Gasteiger partial charge in [-0.05, 0) is 56.7 Å². The van der Waals surface area contributed by atoms with Crippen LogP contribution in [0.5, 0.6) is 0 Å². The highest BCUT2D eigenvalue weighted by molar-refractivity contribution is 5.42. The third-order valence-corrected chi connectivity index (χ3v) is 7.05. The van der Waals surface area contributed by atoms with Crippen LogP contribution in [0.15, 0.2) is 24.3 Å². The fourth-order valence-electron chi connectivity index (χ4n) is 5.97. The van der Waals surface area contributed by atoms with Gasteiger partial charge in [0.25, 0.3) is 0 Å². The van der Waals surface area contributed by atoms with E-state index in [-0.39, 0.29) is 6.10 Å². The molecule has 6 atom stereocenters. The van der Waals surface area contributed by atoms with E-state index in [9.17, 15) is 5.11 Å². The van der Waals surface area contributed by atoms with Crippen LogP contribution in [-0.2, 0) is 11.8 Å². The van der Waals surface area contributed by atoms with Crippen LogP contribution in [0.4, 0.5) is 0 Å². The molecule has 2 heterocycles. The molecule has 0 radical (unpaired) electrons. The van der Waals surface area contributed by atoms with Crippen LogP contribution in [0.2, 0.25) is 0 Å². The molecule has 0 amide bonds. The van der Waals surface area contributed by atoms with E-state index in [0.717, 1.165) is 0 Å². The summed E-state index contributed by atoms with van der Waals surface area (Å²) in [5, 5.41) is 10.2. The summed E-state index contributed by atoms with van der Waals surface area (Å²) in [5.74, 6) is 1.17. The summed E-state index contributed by atoms with van der Waals surface area (Å²) in [6.45, 7) is 4.36. The zero-order chi connectivity index (χ0) is 14.8. The summed E-state index contributed by atoms with van der Waals surface area (Å²) in [5.41, 5.74) is 3.56. The molecule has 2 saturated heterocycles. The van der Waals surface area contributed by atoms with E-state index in [2.05, 4.69) is 43.1 Å². The van der Waals surface area contributed by atoms with E-state index in [1.807, 2.05) is 6.92 Å². The second kappa shape index (κ2) is 4.57. The normalized spacial score (nSPS) is 42.7. The third-order valence-electron chi connectivity index (χ3n) is 7.05. The van der Waals surface area contributed by atoms with Crippen molar-refractivity contribution in [2.75, 3.05) is 7.05 Å². The average molecular weight is 285 g/mol. The van der Waals surface area contributed by atoms with Crippen molar-refractivity contribution < 1.29 is 5.11 Å². The second-order valence-electron chi connectivity index (χ2n) is 7.62. The minimum atomic E-state index is -0.176. The Hall–Kier alpha value is -0.860. The van der Waals surface area contributed by atoms with Gasteiger partial charge in [-0.1, -0.05) is 31.2 Å². The van der Waals surface area contributed by atoms with E-state index in [0.29, 0.717) is 29.3 Å². The summed E-state index contributed by atoms with van der Waals surface area (Å²) < 4.78 is 0. The predicted molar refractivity (Wildman–Crippen MR) is 85.3 cm³/mol. The summed E-state index contributed by atoms with van der Waals surface area (Å²) in [7, 11) is 2.30. The molecule has 4 aliphatic rings. The molecule has 1 N–H and O–H groups in total. The maximum atomic E-state index is 10.2. The Labute approximate surface area is 128 Å². The van der Waals surface area contributed by atoms with Gasteiger partial charge in [0.05, 0.1) is 6.10 Å². The fraction of sp³-hybridized carbons (Fsp3) is 0.684. The van der Waals surface area contributed by atoms with Crippen LogP contribution in [0.3, 0.4) is 0 Å². The van der Waals surface area contributed by atoms with Crippen molar-refractivity contribution in [1.82, 2.24) is 4.90 Å². The second-order valence-corrected chi connectivity index (χ2v) is 7.62. The van der Waals surface area contributed by atoms with Crippen LogP contribution in [0.25, 0.3) is 0 Å². The molecule has 1 saturated carbocycles. The molecule has 2 nitrogen and oxygen atoms in total. The minimum absolute atomic E-state index is 0.176. The van der Waals surface area contributed by atoms with E-state index >= 15 is 0 Å². The Morgan fingerprint density at radius 1 is 1.33 bits per heavy atom. The number of hydrogen-bond acceptors (Lipinski definition) is 2. The molecule has 2 aliphatic carbocycles. The molecule has 2 aliphatic heterocycles. The van der Waals surface area contributed by atoms with Crippen molar-refractivity contribution in [2.45, 2.75) is 63.1 Å². The van der Waals surface area contributed by atoms with Gasteiger partial charge in [0.15, 0.2) is 0 Å². The Balaban J connectivity index is 1.84. The number of aliphatic hydroxyl groups excluding tert-OH is 1. The minimum Gasteiger partial charge on any atom is -0.393 e. The first-order valence-electron chi connectivity index (χ1n) is 8.57. The molecule has 1 aromatic carbocycles. The summed E-state index contributed by atoms with van der Waals surface area (Å²) in [6, 6.07) is 10.4. The zero-order valence-electron chi connectivity index (χ0n) is 13.4. The van der Waals surface area contributed by atoms with E-state index in [4.69, 9.17) is 0 Å². The van der Waals surface area contributed by atoms with Gasteiger partial charge >= 0.3 is 0 Å². The third kappa shape index (κ3) is 1.66. The lowest BCUT2D eigenvalue weighted by Gasteiger charge is -2.65. The summed E-state index contributed by atoms with van der Waals surface area (Å²) in [4.78, 5) is 2.61. The smallest absolute Gasteiger partial charge is 0.0555 e. The van der Waals surface area contributed by atoms with Gasteiger partial charge in [-0.25, -0.2) is 0 Å². The lowest BCUT2D eigenvalue weighted by atomic mass is 9.48. The molecule has 4 bridgehead atoms. The fourth-order valence-corrected chi connectivity index (χ4v) is 5.97. The SMILES string of the molecule is CCC12CC3C(C(C)O)CC1C(Cc1ccccc12)N3C. The standard InChI is InChI=1S/C19H27NO/c1-4-19-11-18-14(12(2)21)10-16(19)17(20(18)3)9-13-7-5-6-8-15(13)19/h5-8,12,14,16-18,21H,4,9-11H2,1-3H3. The monoisotopic (exact) mass is 285 g/mol. The number of benzene rings is 1. The van der Waals surface area contributed by atoms with Crippen LogP contribution >= 0.6 is 0 Å². The number of rotatable bonds is 2. The van der Waals surface area contributed by atoms with Crippen LogP contribution in [-0.4, -0.2) is 35.2 Å². The van der Waals surface area contributed by atoms with Gasteiger partial charge in [-0.2, -0.15) is 0 Å². The quantitative estimate of drug-likeness (QED) is 0.903. The van der Waals surface area contributed by atoms with Gasteiger partial charge in [0, 0.05) is 23.4 Å². The van der Waals surface area contributed by atoms with Crippen molar-refractivity contribution in [1.29, 1.82) is 0 Å². The maximum absolute atomic E-state index is 10.2. The highest BCUT2D eigenvalue weighted by Crippen LogP contribution is 2.59. The predicted octanol–water partition coefficient (Wildman–Crippen LogP) is 2.98. The molecular weight excluding hydrogens is 258 g/mol. The number of nitrogens with zero attached hydrogens (tertiary/aromatic N) is 1. The van der Waals surface area contributed by atoms with Gasteiger partial charge in [-0.15, -0.1) is 0 Å². The van der Waals surface area contributed by atoms with Gasteiger partial charge < -0.3 is 5.11 Å². The molecule has 6 unspecified atom stereocenters. The lowest BCUT2D eigenvalue weighted by Crippen LogP contribution is -2.69. The van der Waals surface area contributed by atoms with Crippen molar-refractivity contribution in [3.05, 3.63) is 35.4 Å². The molecule has 114 valence electrons. The van der Waals surface area contributed by atoms with Crippen LogP contribution in [0.1, 0.15) is 44.2 Å². The van der Waals surface area contributed by atoms with Crippen molar-refractivity contribution in [3.8, 4) is 0 Å². The van der Waals surface area contributed by atoms with Crippen LogP contribution < -0.4 is 0 Å². The van der Waals surface area contributed by atoms with Gasteiger partial charge in [-0.3, -0.25) is 4.90 Å². The van der Waals surface area contributed by atoms with E-state index in [1.54, 1.807) is 11.1 Å². The number of piperidine rings is 2. The van der Waals surface area contributed by atoms with Crippen molar-refractivity contribution in [2.24, 2.45) is 11.8 Å². The molecule has 1 aromatic rings. The van der Waals surface area contributed by atoms with Gasteiger partial charge in [0.1, 0.15) is 0 Å². The first-order valence-corrected chi connectivity index (χ1v) is 8.57. The molecule has 0 spiro atoms. The topological polar surface area (TPSA) is 23.5 Å². The molecule has 3 fully saturated rings. The first-order chi connectivity index (χ1) is 10.1. The largest absolute Gasteiger partial charge is 0.393 e. The number of likely N-dealkylation sites (N-methyl/N-ethyl adjacent to an activating group) is 1. The Morgan fingerprint density at radius 2 is 2.10 bits per heavy atom. The lowest BCUT2D eigenvalue weighted by molar-refractivity contribution is -0.121. The first kappa shape index (κ1) is 13.8. The Morgan fingerprint density at radius 3 is 2.81 bits per heavy atom. The highest BCUT2D eigenvalue weighted by Gasteiger charge is 2.60. The van der Waals surface area contributed by atoms with E-state index in [1.165, 1.54) is 25.7 Å². The molecule has 5 rings (SSSR count).